The molecule has 0 spiro atoms. The Morgan fingerprint density at radius 2 is 2.13 bits per heavy atom. The number of likely N-dealkylation sites (tertiary alicyclic amines) is 1. The van der Waals surface area contributed by atoms with E-state index in [1.807, 2.05) is 0 Å². The predicted molar refractivity (Wildman–Crippen MR) is 86.3 cm³/mol. The zero-order chi connectivity index (χ0) is 16.4. The second-order valence-electron chi connectivity index (χ2n) is 5.97. The first-order valence-corrected chi connectivity index (χ1v) is 7.78. The van der Waals surface area contributed by atoms with Crippen LogP contribution in [0.1, 0.15) is 18.5 Å². The van der Waals surface area contributed by atoms with E-state index in [0.717, 1.165) is 19.2 Å². The molecular formula is C17H20F2N4. The highest BCUT2D eigenvalue weighted by molar-refractivity contribution is 5.66. The molecule has 1 aromatic carbocycles. The van der Waals surface area contributed by atoms with Gasteiger partial charge in [-0.05, 0) is 45.5 Å². The van der Waals surface area contributed by atoms with Crippen LogP contribution < -0.4 is 5.32 Å². The Bertz CT molecular complexity index is 705. The fraction of sp³-hybridized carbons (Fsp3) is 0.412. The van der Waals surface area contributed by atoms with E-state index >= 15 is 0 Å². The summed E-state index contributed by atoms with van der Waals surface area (Å²) in [5.41, 5.74) is 1.55. The summed E-state index contributed by atoms with van der Waals surface area (Å²) >= 11 is 0. The molecule has 0 aliphatic carbocycles. The molecule has 6 heteroatoms. The Kier molecular flexibility index (Phi) is 4.52. The average molecular weight is 318 g/mol. The molecule has 23 heavy (non-hydrogen) atoms. The van der Waals surface area contributed by atoms with Gasteiger partial charge in [-0.2, -0.15) is 0 Å². The fourth-order valence-corrected chi connectivity index (χ4v) is 2.97. The number of likely N-dealkylation sites (N-methyl/N-ethyl adjacent to an activating group) is 1. The summed E-state index contributed by atoms with van der Waals surface area (Å²) in [5.74, 6) is -0.664. The minimum atomic E-state index is -0.606. The summed E-state index contributed by atoms with van der Waals surface area (Å²) in [6.07, 6.45) is 3.96. The number of rotatable bonds is 4. The maximum atomic E-state index is 13.9. The van der Waals surface area contributed by atoms with Crippen LogP contribution in [0.15, 0.2) is 24.4 Å². The van der Waals surface area contributed by atoms with Crippen molar-refractivity contribution in [3.63, 3.8) is 0 Å². The van der Waals surface area contributed by atoms with Crippen LogP contribution in [0.3, 0.4) is 0 Å². The van der Waals surface area contributed by atoms with E-state index in [2.05, 4.69) is 27.2 Å². The van der Waals surface area contributed by atoms with Crippen molar-refractivity contribution in [3.05, 3.63) is 41.7 Å². The van der Waals surface area contributed by atoms with E-state index in [1.165, 1.54) is 25.0 Å². The van der Waals surface area contributed by atoms with Gasteiger partial charge in [-0.15, -0.1) is 0 Å². The van der Waals surface area contributed by atoms with Crippen molar-refractivity contribution in [2.24, 2.45) is 0 Å². The molecule has 1 unspecified atom stereocenters. The molecule has 0 saturated carbocycles. The topological polar surface area (TPSA) is 41.1 Å². The molecule has 0 bridgehead atoms. The number of aromatic nitrogens is 2. The predicted octanol–water partition coefficient (Wildman–Crippen LogP) is 3.24. The maximum absolute atomic E-state index is 13.9. The first-order chi connectivity index (χ1) is 11.0. The van der Waals surface area contributed by atoms with E-state index in [4.69, 9.17) is 0 Å². The summed E-state index contributed by atoms with van der Waals surface area (Å²) in [5, 5.41) is 3.24. The summed E-state index contributed by atoms with van der Waals surface area (Å²) < 4.78 is 26.9. The number of nitrogens with zero attached hydrogens (tertiary/aromatic N) is 3. The third-order valence-corrected chi connectivity index (χ3v) is 4.37. The van der Waals surface area contributed by atoms with E-state index in [0.29, 0.717) is 28.8 Å². The van der Waals surface area contributed by atoms with E-state index in [1.54, 1.807) is 13.1 Å². The van der Waals surface area contributed by atoms with Gasteiger partial charge in [-0.1, -0.05) is 0 Å². The molecule has 1 aliphatic rings. The minimum absolute atomic E-state index is 0.311. The van der Waals surface area contributed by atoms with Crippen molar-refractivity contribution in [2.45, 2.75) is 25.8 Å². The van der Waals surface area contributed by atoms with Gasteiger partial charge in [0.25, 0.3) is 0 Å². The zero-order valence-electron chi connectivity index (χ0n) is 13.3. The highest BCUT2D eigenvalue weighted by atomic mass is 19.1. The molecule has 3 rings (SSSR count). The highest BCUT2D eigenvalue weighted by Gasteiger charge is 2.20. The summed E-state index contributed by atoms with van der Waals surface area (Å²) in [4.78, 5) is 11.0. The standard InChI is InChI=1S/C17H20F2N4/c1-11-15(14-6-5-12(18)8-16(14)19)10-21-17(22-11)20-9-13-4-3-7-23(13)2/h5-6,8,10,13H,3-4,7,9H2,1-2H3,(H,20,21,22). The van der Waals surface area contributed by atoms with Crippen LogP contribution in [0.25, 0.3) is 11.1 Å². The number of hydrogen-bond acceptors (Lipinski definition) is 4. The van der Waals surface area contributed by atoms with Crippen LogP contribution >= 0.6 is 0 Å². The Balaban J connectivity index is 1.75. The van der Waals surface area contributed by atoms with Crippen LogP contribution in [0.4, 0.5) is 14.7 Å². The Hall–Kier alpha value is -2.08. The number of anilines is 1. The Morgan fingerprint density at radius 3 is 2.78 bits per heavy atom. The van der Waals surface area contributed by atoms with Gasteiger partial charge in [0, 0.05) is 36.0 Å². The van der Waals surface area contributed by atoms with E-state index < -0.39 is 11.6 Å². The quantitative estimate of drug-likeness (QED) is 0.939. The highest BCUT2D eigenvalue weighted by Crippen LogP contribution is 2.25. The summed E-state index contributed by atoms with van der Waals surface area (Å²) in [6.45, 7) is 3.71. The largest absolute Gasteiger partial charge is 0.353 e. The zero-order valence-corrected chi connectivity index (χ0v) is 13.3. The van der Waals surface area contributed by atoms with Crippen LogP contribution in [0.2, 0.25) is 0 Å². The van der Waals surface area contributed by atoms with Gasteiger partial charge in [-0.25, -0.2) is 18.7 Å². The maximum Gasteiger partial charge on any atom is 0.222 e. The molecule has 122 valence electrons. The second kappa shape index (κ2) is 6.58. The molecule has 1 N–H and O–H groups in total. The monoisotopic (exact) mass is 318 g/mol. The van der Waals surface area contributed by atoms with Crippen molar-refractivity contribution < 1.29 is 8.78 Å². The van der Waals surface area contributed by atoms with Crippen molar-refractivity contribution in [1.82, 2.24) is 14.9 Å². The molecule has 1 saturated heterocycles. The van der Waals surface area contributed by atoms with Gasteiger partial charge in [-0.3, -0.25) is 0 Å². The van der Waals surface area contributed by atoms with Gasteiger partial charge >= 0.3 is 0 Å². The van der Waals surface area contributed by atoms with Crippen molar-refractivity contribution in [1.29, 1.82) is 0 Å². The lowest BCUT2D eigenvalue weighted by atomic mass is 10.1. The number of aryl methyl sites for hydroxylation is 1. The smallest absolute Gasteiger partial charge is 0.222 e. The Labute approximate surface area is 134 Å². The first-order valence-electron chi connectivity index (χ1n) is 7.78. The van der Waals surface area contributed by atoms with Crippen molar-refractivity contribution in [3.8, 4) is 11.1 Å². The molecule has 1 fully saturated rings. The fourth-order valence-electron chi connectivity index (χ4n) is 2.97. The van der Waals surface area contributed by atoms with Gasteiger partial charge < -0.3 is 10.2 Å². The Morgan fingerprint density at radius 1 is 1.30 bits per heavy atom. The molecule has 0 amide bonds. The minimum Gasteiger partial charge on any atom is -0.353 e. The molecule has 0 radical (unpaired) electrons. The molecule has 2 heterocycles. The van der Waals surface area contributed by atoms with Gasteiger partial charge in [0.1, 0.15) is 11.6 Å². The number of hydrogen-bond donors (Lipinski definition) is 1. The molecule has 1 atom stereocenters. The van der Waals surface area contributed by atoms with Crippen molar-refractivity contribution in [2.75, 3.05) is 25.5 Å². The molecule has 1 aliphatic heterocycles. The SMILES string of the molecule is Cc1nc(NCC2CCCN2C)ncc1-c1ccc(F)cc1F. The second-order valence-corrected chi connectivity index (χ2v) is 5.97. The normalized spacial score (nSPS) is 18.3. The first kappa shape index (κ1) is 15.8. The van der Waals surface area contributed by atoms with E-state index in [-0.39, 0.29) is 0 Å². The summed E-state index contributed by atoms with van der Waals surface area (Å²) in [7, 11) is 2.12. The molecule has 1 aromatic heterocycles. The number of nitrogens with one attached hydrogen (secondary N) is 1. The van der Waals surface area contributed by atoms with Gasteiger partial charge in [0.05, 0.1) is 5.69 Å². The molecular weight excluding hydrogens is 298 g/mol. The third kappa shape index (κ3) is 3.47. The van der Waals surface area contributed by atoms with Gasteiger partial charge in [0.15, 0.2) is 0 Å². The lowest BCUT2D eigenvalue weighted by Crippen LogP contribution is -2.32. The van der Waals surface area contributed by atoms with Crippen molar-refractivity contribution >= 4 is 5.95 Å². The van der Waals surface area contributed by atoms with E-state index in [9.17, 15) is 8.78 Å². The molecule has 2 aromatic rings. The van der Waals surface area contributed by atoms with Crippen LogP contribution in [0.5, 0.6) is 0 Å². The molecule has 4 nitrogen and oxygen atoms in total. The lowest BCUT2D eigenvalue weighted by Gasteiger charge is -2.19. The van der Waals surface area contributed by atoms with Gasteiger partial charge in [0.2, 0.25) is 5.95 Å². The van der Waals surface area contributed by atoms with Crippen LogP contribution in [0, 0.1) is 18.6 Å². The van der Waals surface area contributed by atoms with Crippen LogP contribution in [-0.4, -0.2) is 41.0 Å². The number of benzene rings is 1. The lowest BCUT2D eigenvalue weighted by molar-refractivity contribution is 0.322. The number of halogens is 2. The summed E-state index contributed by atoms with van der Waals surface area (Å²) in [6, 6.07) is 4.02. The third-order valence-electron chi connectivity index (χ3n) is 4.37. The van der Waals surface area contributed by atoms with Crippen LogP contribution in [-0.2, 0) is 0 Å². The average Bonchev–Trinajstić information content (AvgIpc) is 2.91.